The van der Waals surface area contributed by atoms with E-state index in [0.29, 0.717) is 17.8 Å². The van der Waals surface area contributed by atoms with Gasteiger partial charge in [-0.1, -0.05) is 0 Å². The molecule has 2 aromatic heterocycles. The van der Waals surface area contributed by atoms with Crippen LogP contribution in [0.1, 0.15) is 6.23 Å². The van der Waals surface area contributed by atoms with E-state index in [1.54, 1.807) is 34.7 Å². The Morgan fingerprint density at radius 1 is 1.48 bits per heavy atom. The topological polar surface area (TPSA) is 118 Å². The van der Waals surface area contributed by atoms with Gasteiger partial charge in [0.1, 0.15) is 53.2 Å². The molecular weight excluding hydrogens is 393 g/mol. The molecule has 1 aliphatic heterocycles. The third kappa shape index (κ3) is 2.46. The summed E-state index contributed by atoms with van der Waals surface area (Å²) in [7, 11) is 1.56. The van der Waals surface area contributed by atoms with E-state index in [1.165, 1.54) is 12.7 Å². The summed E-state index contributed by atoms with van der Waals surface area (Å²) >= 11 is 1.74. The number of anilines is 1. The molecule has 1 aliphatic rings. The van der Waals surface area contributed by atoms with Gasteiger partial charge >= 0.3 is 0 Å². The Labute approximate surface area is 134 Å². The monoisotopic (exact) mass is 407 g/mol. The number of methoxy groups -OCH3 is 1. The molecule has 2 unspecified atom stereocenters. The molecule has 1 fully saturated rings. The van der Waals surface area contributed by atoms with Crippen LogP contribution in [-0.2, 0) is 12.5 Å². The quantitative estimate of drug-likeness (QED) is 0.683. The molecular formula is C11H14IN5O4. The lowest BCUT2D eigenvalue weighted by Crippen LogP contribution is -2.34. The third-order valence-corrected chi connectivity index (χ3v) is 3.99. The predicted molar refractivity (Wildman–Crippen MR) is 80.4 cm³/mol. The standard InChI is InChI=1S/C11H14IN5O4/c1-19-2-5-8(21-12)7(18)11(20-5)17-4-16-6-9(13)14-3-15-10(6)17/h3-5,7-8,11,18H,2H2,1H3,(H2,13,14,15)/t5-,7?,8?,11-/m1/s1. The zero-order valence-corrected chi connectivity index (χ0v) is 13.2. The van der Waals surface area contributed by atoms with E-state index in [9.17, 15) is 5.11 Å². The van der Waals surface area contributed by atoms with Gasteiger partial charge in [0.25, 0.3) is 0 Å². The second-order valence-corrected chi connectivity index (χ2v) is 5.16. The highest BCUT2D eigenvalue weighted by molar-refractivity contribution is 14.1. The van der Waals surface area contributed by atoms with Crippen LogP contribution in [0.5, 0.6) is 0 Å². The summed E-state index contributed by atoms with van der Waals surface area (Å²) in [6.07, 6.45) is 0.412. The molecule has 0 aliphatic carbocycles. The van der Waals surface area contributed by atoms with E-state index >= 15 is 0 Å². The molecule has 0 bridgehead atoms. The van der Waals surface area contributed by atoms with Crippen LogP contribution in [0.25, 0.3) is 11.2 Å². The van der Waals surface area contributed by atoms with Crippen molar-refractivity contribution >= 4 is 40.0 Å². The van der Waals surface area contributed by atoms with Gasteiger partial charge in [0.2, 0.25) is 0 Å². The second kappa shape index (κ2) is 5.96. The Morgan fingerprint density at radius 3 is 3.00 bits per heavy atom. The summed E-state index contributed by atoms with van der Waals surface area (Å²) in [5.41, 5.74) is 6.72. The molecule has 3 heterocycles. The van der Waals surface area contributed by atoms with Crippen LogP contribution in [0.15, 0.2) is 12.7 Å². The van der Waals surface area contributed by atoms with E-state index in [0.717, 1.165) is 0 Å². The number of nitrogen functional groups attached to an aromatic ring is 1. The average molecular weight is 407 g/mol. The fraction of sp³-hybridized carbons (Fsp3) is 0.545. The number of ether oxygens (including phenoxy) is 2. The zero-order chi connectivity index (χ0) is 15.0. The number of aliphatic hydroxyl groups excluding tert-OH is 1. The van der Waals surface area contributed by atoms with Crippen LogP contribution in [0.4, 0.5) is 5.82 Å². The summed E-state index contributed by atoms with van der Waals surface area (Å²) in [4.78, 5) is 12.2. The molecule has 10 heteroatoms. The van der Waals surface area contributed by atoms with Gasteiger partial charge in [-0.25, -0.2) is 15.0 Å². The van der Waals surface area contributed by atoms with Crippen molar-refractivity contribution in [2.75, 3.05) is 19.5 Å². The molecule has 3 rings (SSSR count). The van der Waals surface area contributed by atoms with Crippen molar-refractivity contribution in [2.24, 2.45) is 0 Å². The van der Waals surface area contributed by atoms with Gasteiger partial charge < -0.3 is 23.4 Å². The number of hydrogen-bond donors (Lipinski definition) is 2. The van der Waals surface area contributed by atoms with E-state index in [2.05, 4.69) is 15.0 Å². The van der Waals surface area contributed by atoms with Gasteiger partial charge in [-0.3, -0.25) is 4.57 Å². The number of hydrogen-bond acceptors (Lipinski definition) is 8. The van der Waals surface area contributed by atoms with Crippen LogP contribution < -0.4 is 5.73 Å². The Balaban J connectivity index is 1.97. The average Bonchev–Trinajstić information content (AvgIpc) is 3.02. The van der Waals surface area contributed by atoms with Crippen molar-refractivity contribution in [1.82, 2.24) is 19.5 Å². The normalized spacial score (nSPS) is 29.3. The highest BCUT2D eigenvalue weighted by Gasteiger charge is 2.46. The number of nitrogens with zero attached hydrogens (tertiary/aromatic N) is 4. The Bertz CT molecular complexity index is 638. The minimum atomic E-state index is -0.879. The minimum Gasteiger partial charge on any atom is -0.386 e. The van der Waals surface area contributed by atoms with E-state index in [4.69, 9.17) is 18.3 Å². The van der Waals surface area contributed by atoms with Crippen molar-refractivity contribution in [3.63, 3.8) is 0 Å². The number of imidazole rings is 1. The molecule has 21 heavy (non-hydrogen) atoms. The van der Waals surface area contributed by atoms with Gasteiger partial charge in [-0.15, -0.1) is 0 Å². The van der Waals surface area contributed by atoms with Gasteiger partial charge in [-0.2, -0.15) is 0 Å². The van der Waals surface area contributed by atoms with Crippen LogP contribution >= 0.6 is 23.0 Å². The summed E-state index contributed by atoms with van der Waals surface area (Å²) in [5, 5.41) is 10.4. The van der Waals surface area contributed by atoms with Crippen molar-refractivity contribution in [3.8, 4) is 0 Å². The second-order valence-electron chi connectivity index (χ2n) is 4.65. The predicted octanol–water partition coefficient (Wildman–Crippen LogP) is 0.0484. The van der Waals surface area contributed by atoms with E-state index in [-0.39, 0.29) is 11.9 Å². The number of aliphatic hydroxyl groups is 1. The first kappa shape index (κ1) is 14.8. The minimum absolute atomic E-state index is 0.279. The first-order valence-electron chi connectivity index (χ1n) is 6.20. The molecule has 9 nitrogen and oxygen atoms in total. The molecule has 114 valence electrons. The lowest BCUT2D eigenvalue weighted by molar-refractivity contribution is -0.0560. The molecule has 0 amide bonds. The molecule has 3 N–H and O–H groups in total. The Hall–Kier alpha value is -1.08. The fourth-order valence-corrected chi connectivity index (χ4v) is 3.04. The first-order chi connectivity index (χ1) is 10.2. The molecule has 0 spiro atoms. The molecule has 0 saturated carbocycles. The van der Waals surface area contributed by atoms with Crippen molar-refractivity contribution in [2.45, 2.75) is 24.5 Å². The van der Waals surface area contributed by atoms with E-state index < -0.39 is 18.4 Å². The number of nitrogens with two attached hydrogens (primary N) is 1. The lowest BCUT2D eigenvalue weighted by atomic mass is 10.1. The maximum atomic E-state index is 10.4. The largest absolute Gasteiger partial charge is 0.386 e. The highest BCUT2D eigenvalue weighted by atomic mass is 127. The molecule has 0 radical (unpaired) electrons. The zero-order valence-electron chi connectivity index (χ0n) is 11.1. The van der Waals surface area contributed by atoms with E-state index in [1.807, 2.05) is 0 Å². The Morgan fingerprint density at radius 2 is 2.29 bits per heavy atom. The summed E-state index contributed by atoms with van der Waals surface area (Å²) in [5.74, 6) is 0.279. The van der Waals surface area contributed by atoms with Crippen LogP contribution in [0, 0.1) is 0 Å². The lowest BCUT2D eigenvalue weighted by Gasteiger charge is -2.17. The Kier molecular flexibility index (Phi) is 4.21. The first-order valence-corrected chi connectivity index (χ1v) is 7.08. The van der Waals surface area contributed by atoms with Gasteiger partial charge in [-0.05, 0) is 0 Å². The van der Waals surface area contributed by atoms with Crippen molar-refractivity contribution in [3.05, 3.63) is 12.7 Å². The van der Waals surface area contributed by atoms with Gasteiger partial charge in [0.05, 0.1) is 12.9 Å². The maximum absolute atomic E-state index is 10.4. The van der Waals surface area contributed by atoms with Gasteiger partial charge in [0, 0.05) is 7.11 Å². The van der Waals surface area contributed by atoms with Crippen LogP contribution in [-0.4, -0.2) is 56.7 Å². The number of halogens is 1. The molecule has 0 aromatic carbocycles. The number of aromatic nitrogens is 4. The molecule has 4 atom stereocenters. The smallest absolute Gasteiger partial charge is 0.167 e. The van der Waals surface area contributed by atoms with Gasteiger partial charge in [0.15, 0.2) is 17.7 Å². The maximum Gasteiger partial charge on any atom is 0.167 e. The number of fused-ring (bicyclic) bond motifs is 1. The number of rotatable bonds is 4. The van der Waals surface area contributed by atoms with Crippen molar-refractivity contribution < 1.29 is 17.6 Å². The van der Waals surface area contributed by atoms with Crippen LogP contribution in [0.3, 0.4) is 0 Å². The summed E-state index contributed by atoms with van der Waals surface area (Å²) < 4.78 is 17.8. The van der Waals surface area contributed by atoms with Crippen molar-refractivity contribution in [1.29, 1.82) is 0 Å². The third-order valence-electron chi connectivity index (χ3n) is 3.40. The summed E-state index contributed by atoms with van der Waals surface area (Å²) in [6, 6.07) is 0. The molecule has 2 aromatic rings. The summed E-state index contributed by atoms with van der Waals surface area (Å²) in [6.45, 7) is 0.310. The fourth-order valence-electron chi connectivity index (χ4n) is 2.41. The SMILES string of the molecule is COC[C@H]1O[C@@H](n2cnc3c(N)ncnc32)C(O)C1OI. The molecule has 1 saturated heterocycles. The highest BCUT2D eigenvalue weighted by Crippen LogP contribution is 2.34. The van der Waals surface area contributed by atoms with Crippen LogP contribution in [0.2, 0.25) is 0 Å².